The number of nitrogens with zero attached hydrogens (tertiary/aromatic N) is 1. The maximum Gasteiger partial charge on any atom is 0.173 e. The topological polar surface area (TPSA) is 60.3 Å². The van der Waals surface area contributed by atoms with Gasteiger partial charge in [-0.2, -0.15) is 0 Å². The van der Waals surface area contributed by atoms with Gasteiger partial charge in [-0.25, -0.2) is 4.98 Å². The number of aromatic amines is 1. The summed E-state index contributed by atoms with van der Waals surface area (Å²) in [6, 6.07) is 9.43. The van der Waals surface area contributed by atoms with Crippen LogP contribution < -0.4 is 9.47 Å². The second-order valence-corrected chi connectivity index (χ2v) is 4.17. The molecule has 3 aromatic rings. The minimum atomic E-state index is 0.668. The standard InChI is InChI=1S/C15H14N2O3/c1-18-12-4-3-10(9-14(12)19-2)11-5-6-13(20-11)15-16-7-8-17-15/h3-9H,1-2H3,(H,16,17). The van der Waals surface area contributed by atoms with Crippen molar-refractivity contribution >= 4 is 0 Å². The van der Waals surface area contributed by atoms with Crippen molar-refractivity contribution in [3.63, 3.8) is 0 Å². The van der Waals surface area contributed by atoms with E-state index in [1.807, 2.05) is 30.3 Å². The summed E-state index contributed by atoms with van der Waals surface area (Å²) in [7, 11) is 3.22. The Kier molecular flexibility index (Phi) is 3.16. The van der Waals surface area contributed by atoms with E-state index in [0.717, 1.165) is 11.3 Å². The van der Waals surface area contributed by atoms with E-state index >= 15 is 0 Å². The summed E-state index contributed by atoms with van der Waals surface area (Å²) in [5, 5.41) is 0. The summed E-state index contributed by atoms with van der Waals surface area (Å²) >= 11 is 0. The number of hydrogen-bond donors (Lipinski definition) is 1. The number of benzene rings is 1. The quantitative estimate of drug-likeness (QED) is 0.789. The molecule has 0 saturated heterocycles. The second-order valence-electron chi connectivity index (χ2n) is 4.17. The number of methoxy groups -OCH3 is 2. The normalized spacial score (nSPS) is 10.5. The molecule has 102 valence electrons. The predicted molar refractivity (Wildman–Crippen MR) is 74.8 cm³/mol. The molecule has 0 aliphatic heterocycles. The van der Waals surface area contributed by atoms with Gasteiger partial charge >= 0.3 is 0 Å². The van der Waals surface area contributed by atoms with Crippen molar-refractivity contribution in [3.05, 3.63) is 42.7 Å². The molecule has 1 N–H and O–H groups in total. The molecular weight excluding hydrogens is 256 g/mol. The monoisotopic (exact) mass is 270 g/mol. The van der Waals surface area contributed by atoms with Crippen molar-refractivity contribution in [3.8, 4) is 34.4 Å². The van der Waals surface area contributed by atoms with E-state index in [1.165, 1.54) is 0 Å². The van der Waals surface area contributed by atoms with Gasteiger partial charge in [0.25, 0.3) is 0 Å². The second kappa shape index (κ2) is 5.13. The average Bonchev–Trinajstić information content (AvgIpc) is 3.16. The van der Waals surface area contributed by atoms with Crippen LogP contribution in [0.1, 0.15) is 0 Å². The van der Waals surface area contributed by atoms with Crippen LogP contribution in [0.5, 0.6) is 11.5 Å². The van der Waals surface area contributed by atoms with Gasteiger partial charge in [-0.05, 0) is 30.3 Å². The molecule has 0 amide bonds. The van der Waals surface area contributed by atoms with Gasteiger partial charge in [0.1, 0.15) is 5.76 Å². The highest BCUT2D eigenvalue weighted by Crippen LogP contribution is 2.34. The molecule has 0 radical (unpaired) electrons. The Morgan fingerprint density at radius 3 is 2.50 bits per heavy atom. The summed E-state index contributed by atoms with van der Waals surface area (Å²) in [5.41, 5.74) is 0.917. The van der Waals surface area contributed by atoms with Gasteiger partial charge in [-0.1, -0.05) is 0 Å². The number of aromatic nitrogens is 2. The maximum atomic E-state index is 5.80. The molecule has 0 aliphatic carbocycles. The van der Waals surface area contributed by atoms with Crippen molar-refractivity contribution in [1.82, 2.24) is 9.97 Å². The third-order valence-corrected chi connectivity index (χ3v) is 3.01. The Morgan fingerprint density at radius 1 is 1.00 bits per heavy atom. The fourth-order valence-electron chi connectivity index (χ4n) is 2.01. The Morgan fingerprint density at radius 2 is 1.80 bits per heavy atom. The molecule has 2 aromatic heterocycles. The first-order chi connectivity index (χ1) is 9.81. The van der Waals surface area contributed by atoms with Crippen molar-refractivity contribution in [2.45, 2.75) is 0 Å². The van der Waals surface area contributed by atoms with Crippen LogP contribution in [0.25, 0.3) is 22.9 Å². The van der Waals surface area contributed by atoms with E-state index in [1.54, 1.807) is 26.6 Å². The predicted octanol–water partition coefficient (Wildman–Crippen LogP) is 3.35. The Balaban J connectivity index is 1.97. The molecular formula is C15H14N2O3. The molecule has 20 heavy (non-hydrogen) atoms. The number of furan rings is 1. The van der Waals surface area contributed by atoms with Crippen LogP contribution in [0, 0.1) is 0 Å². The highest BCUT2D eigenvalue weighted by Gasteiger charge is 2.11. The zero-order chi connectivity index (χ0) is 13.9. The fraction of sp³-hybridized carbons (Fsp3) is 0.133. The smallest absolute Gasteiger partial charge is 0.173 e. The molecule has 1 aromatic carbocycles. The van der Waals surface area contributed by atoms with Crippen LogP contribution in [0.4, 0.5) is 0 Å². The molecule has 0 unspecified atom stereocenters. The lowest BCUT2D eigenvalue weighted by Crippen LogP contribution is -1.90. The molecule has 5 nitrogen and oxygen atoms in total. The average molecular weight is 270 g/mol. The number of nitrogens with one attached hydrogen (secondary N) is 1. The molecule has 0 saturated carbocycles. The minimum Gasteiger partial charge on any atom is -0.493 e. The van der Waals surface area contributed by atoms with Crippen molar-refractivity contribution in [2.24, 2.45) is 0 Å². The van der Waals surface area contributed by atoms with Crippen LogP contribution in [-0.4, -0.2) is 24.2 Å². The minimum absolute atomic E-state index is 0.668. The van der Waals surface area contributed by atoms with Crippen LogP contribution in [0.2, 0.25) is 0 Å². The molecule has 3 rings (SSSR count). The van der Waals surface area contributed by atoms with Gasteiger partial charge in [0, 0.05) is 18.0 Å². The first-order valence-corrected chi connectivity index (χ1v) is 6.14. The third-order valence-electron chi connectivity index (χ3n) is 3.01. The summed E-state index contributed by atoms with van der Waals surface area (Å²) < 4.78 is 16.3. The number of H-pyrrole nitrogens is 1. The van der Waals surface area contributed by atoms with Crippen LogP contribution >= 0.6 is 0 Å². The number of hydrogen-bond acceptors (Lipinski definition) is 4. The summed E-state index contributed by atoms with van der Waals surface area (Å²) in [5.74, 6) is 3.50. The Bertz CT molecular complexity index is 702. The zero-order valence-electron chi connectivity index (χ0n) is 11.2. The lowest BCUT2D eigenvalue weighted by Gasteiger charge is -2.08. The van der Waals surface area contributed by atoms with Crippen LogP contribution in [0.3, 0.4) is 0 Å². The molecule has 5 heteroatoms. The van der Waals surface area contributed by atoms with E-state index in [-0.39, 0.29) is 0 Å². The van der Waals surface area contributed by atoms with Gasteiger partial charge in [-0.15, -0.1) is 0 Å². The summed E-state index contributed by atoms with van der Waals surface area (Å²) in [4.78, 5) is 7.17. The first-order valence-electron chi connectivity index (χ1n) is 6.14. The van der Waals surface area contributed by atoms with Crippen molar-refractivity contribution in [2.75, 3.05) is 14.2 Å². The highest BCUT2D eigenvalue weighted by atomic mass is 16.5. The maximum absolute atomic E-state index is 5.80. The molecule has 0 atom stereocenters. The Labute approximate surface area is 116 Å². The van der Waals surface area contributed by atoms with E-state index < -0.39 is 0 Å². The Hall–Kier alpha value is -2.69. The van der Waals surface area contributed by atoms with Gasteiger partial charge in [0.2, 0.25) is 0 Å². The highest BCUT2D eigenvalue weighted by molar-refractivity contribution is 5.65. The first kappa shape index (κ1) is 12.3. The van der Waals surface area contributed by atoms with Gasteiger partial charge in [0.05, 0.1) is 14.2 Å². The van der Waals surface area contributed by atoms with Crippen LogP contribution in [0.15, 0.2) is 47.1 Å². The molecule has 2 heterocycles. The van der Waals surface area contributed by atoms with Gasteiger partial charge in [-0.3, -0.25) is 0 Å². The van der Waals surface area contributed by atoms with Crippen molar-refractivity contribution in [1.29, 1.82) is 0 Å². The van der Waals surface area contributed by atoms with Crippen LogP contribution in [-0.2, 0) is 0 Å². The van der Waals surface area contributed by atoms with E-state index in [4.69, 9.17) is 13.9 Å². The fourth-order valence-corrected chi connectivity index (χ4v) is 2.01. The third kappa shape index (κ3) is 2.14. The lowest BCUT2D eigenvalue weighted by molar-refractivity contribution is 0.355. The molecule has 0 spiro atoms. The molecule has 0 aliphatic rings. The van der Waals surface area contributed by atoms with E-state index in [9.17, 15) is 0 Å². The number of rotatable bonds is 4. The summed E-state index contributed by atoms with van der Waals surface area (Å²) in [6.45, 7) is 0. The van der Waals surface area contributed by atoms with E-state index in [2.05, 4.69) is 9.97 Å². The molecule has 0 bridgehead atoms. The zero-order valence-corrected chi connectivity index (χ0v) is 11.2. The SMILES string of the molecule is COc1ccc(-c2ccc(-c3ncc[nH]3)o2)cc1OC. The van der Waals surface area contributed by atoms with Crippen molar-refractivity contribution < 1.29 is 13.9 Å². The number of ether oxygens (including phenoxy) is 2. The lowest BCUT2D eigenvalue weighted by atomic mass is 10.1. The van der Waals surface area contributed by atoms with Gasteiger partial charge < -0.3 is 18.9 Å². The van der Waals surface area contributed by atoms with E-state index in [0.29, 0.717) is 23.1 Å². The summed E-state index contributed by atoms with van der Waals surface area (Å²) in [6.07, 6.45) is 3.45. The number of imidazole rings is 1. The largest absolute Gasteiger partial charge is 0.493 e. The van der Waals surface area contributed by atoms with Gasteiger partial charge in [0.15, 0.2) is 23.1 Å². The molecule has 0 fully saturated rings.